The number of methoxy groups -OCH3 is 1. The largest absolute Gasteiger partial charge is 0.497 e. The monoisotopic (exact) mass is 341 g/mol. The lowest BCUT2D eigenvalue weighted by molar-refractivity contribution is -0.617. The van der Waals surface area contributed by atoms with Gasteiger partial charge < -0.3 is 10.1 Å². The Morgan fingerprint density at radius 1 is 0.808 bits per heavy atom. The Balaban J connectivity index is 1.77. The van der Waals surface area contributed by atoms with Crippen LogP contribution < -0.4 is 14.6 Å². The molecule has 0 amide bonds. The summed E-state index contributed by atoms with van der Waals surface area (Å²) < 4.78 is 7.45. The number of nitrogens with one attached hydrogen (secondary N) is 1. The van der Waals surface area contributed by atoms with Gasteiger partial charge in [0, 0.05) is 29.6 Å². The highest BCUT2D eigenvalue weighted by Gasteiger charge is 2.15. The maximum Gasteiger partial charge on any atom is 0.213 e. The molecule has 0 saturated carbocycles. The van der Waals surface area contributed by atoms with E-state index in [1.54, 1.807) is 7.11 Å². The number of rotatable bonds is 4. The predicted octanol–water partition coefficient (Wildman–Crippen LogP) is 4.91. The van der Waals surface area contributed by atoms with Crippen LogP contribution in [0, 0.1) is 0 Å². The molecule has 0 unspecified atom stereocenters. The molecule has 1 heterocycles. The third kappa shape index (κ3) is 2.88. The van der Waals surface area contributed by atoms with E-state index in [1.807, 2.05) is 30.5 Å². The summed E-state index contributed by atoms with van der Waals surface area (Å²) in [7, 11) is 3.79. The molecule has 128 valence electrons. The molecule has 3 aromatic carbocycles. The molecular weight excluding hydrogens is 320 g/mol. The molecule has 1 N–H and O–H groups in total. The van der Waals surface area contributed by atoms with E-state index in [2.05, 4.69) is 71.5 Å². The summed E-state index contributed by atoms with van der Waals surface area (Å²) in [5.74, 6) is 0.854. The minimum Gasteiger partial charge on any atom is -0.497 e. The molecule has 3 nitrogen and oxygen atoms in total. The number of benzene rings is 3. The molecule has 4 aromatic rings. The van der Waals surface area contributed by atoms with Crippen LogP contribution in [0.1, 0.15) is 5.56 Å². The first-order chi connectivity index (χ1) is 12.8. The van der Waals surface area contributed by atoms with Gasteiger partial charge in [0.2, 0.25) is 11.0 Å². The zero-order valence-electron chi connectivity index (χ0n) is 14.9. The van der Waals surface area contributed by atoms with Crippen LogP contribution in [0.3, 0.4) is 0 Å². The molecule has 0 spiro atoms. The maximum absolute atomic E-state index is 5.20. The van der Waals surface area contributed by atoms with Crippen molar-refractivity contribution in [1.82, 2.24) is 0 Å². The van der Waals surface area contributed by atoms with Gasteiger partial charge in [0.15, 0.2) is 0 Å². The molecule has 3 heteroatoms. The molecule has 0 aliphatic heterocycles. The van der Waals surface area contributed by atoms with Crippen molar-refractivity contribution in [3.63, 3.8) is 0 Å². The molecule has 0 fully saturated rings. The molecular formula is C23H21N2O+. The average Bonchev–Trinajstić information content (AvgIpc) is 2.71. The lowest BCUT2D eigenvalue weighted by Gasteiger charge is -2.07. The van der Waals surface area contributed by atoms with Crippen molar-refractivity contribution >= 4 is 33.6 Å². The number of ether oxygens (including phenoxy) is 1. The Labute approximate surface area is 153 Å². The number of nitrogens with zero attached hydrogens (tertiary/aromatic N) is 1. The summed E-state index contributed by atoms with van der Waals surface area (Å²) in [5.41, 5.74) is 4.68. The molecule has 0 bridgehead atoms. The molecule has 0 saturated heterocycles. The van der Waals surface area contributed by atoms with Gasteiger partial charge in [-0.3, -0.25) is 0 Å². The van der Waals surface area contributed by atoms with Crippen LogP contribution in [0.15, 0.2) is 79.0 Å². The molecule has 0 aliphatic carbocycles. The highest BCUT2D eigenvalue weighted by Crippen LogP contribution is 2.26. The second-order valence-electron chi connectivity index (χ2n) is 6.21. The van der Waals surface area contributed by atoms with Crippen LogP contribution in [-0.4, -0.2) is 7.11 Å². The quantitative estimate of drug-likeness (QED) is 0.421. The van der Waals surface area contributed by atoms with Crippen molar-refractivity contribution in [3.05, 3.63) is 84.6 Å². The number of aryl methyl sites for hydroxylation is 1. The van der Waals surface area contributed by atoms with Crippen molar-refractivity contribution in [1.29, 1.82) is 0 Å². The van der Waals surface area contributed by atoms with Gasteiger partial charge in [-0.1, -0.05) is 24.3 Å². The average molecular weight is 341 g/mol. The third-order valence-electron chi connectivity index (χ3n) is 4.70. The van der Waals surface area contributed by atoms with Crippen molar-refractivity contribution in [2.24, 2.45) is 7.05 Å². The Hall–Kier alpha value is -3.33. The van der Waals surface area contributed by atoms with Crippen molar-refractivity contribution < 1.29 is 9.30 Å². The molecule has 0 aliphatic rings. The zero-order valence-corrected chi connectivity index (χ0v) is 14.9. The van der Waals surface area contributed by atoms with E-state index in [0.29, 0.717) is 0 Å². The van der Waals surface area contributed by atoms with Gasteiger partial charge in [-0.15, -0.1) is 0 Å². The van der Waals surface area contributed by atoms with Crippen LogP contribution in [0.4, 0.5) is 5.69 Å². The Morgan fingerprint density at radius 2 is 1.38 bits per heavy atom. The van der Waals surface area contributed by atoms with E-state index in [4.69, 9.17) is 4.74 Å². The second kappa shape index (κ2) is 6.89. The summed E-state index contributed by atoms with van der Waals surface area (Å²) in [5, 5.41) is 5.82. The fourth-order valence-electron chi connectivity index (χ4n) is 3.35. The Bertz CT molecular complexity index is 1040. The normalized spacial score (nSPS) is 11.3. The van der Waals surface area contributed by atoms with E-state index >= 15 is 0 Å². The smallest absolute Gasteiger partial charge is 0.213 e. The van der Waals surface area contributed by atoms with E-state index in [0.717, 1.165) is 11.4 Å². The van der Waals surface area contributed by atoms with Gasteiger partial charge in [-0.2, -0.15) is 4.57 Å². The lowest BCUT2D eigenvalue weighted by atomic mass is 10.0. The van der Waals surface area contributed by atoms with E-state index in [-0.39, 0.29) is 0 Å². The number of hydrogen-bond donors (Lipinski definition) is 1. The van der Waals surface area contributed by atoms with Crippen LogP contribution >= 0.6 is 0 Å². The highest BCUT2D eigenvalue weighted by molar-refractivity contribution is 6.00. The summed E-state index contributed by atoms with van der Waals surface area (Å²) in [6.45, 7) is 0. The fraction of sp³-hybridized carbons (Fsp3) is 0.0870. The number of anilines is 1. The van der Waals surface area contributed by atoms with Crippen LogP contribution in [0.5, 0.6) is 5.75 Å². The minimum atomic E-state index is 0.854. The number of hydrogen-bond acceptors (Lipinski definition) is 2. The van der Waals surface area contributed by atoms with Crippen molar-refractivity contribution in [3.8, 4) is 5.75 Å². The second-order valence-corrected chi connectivity index (χ2v) is 6.21. The van der Waals surface area contributed by atoms with E-state index in [9.17, 15) is 0 Å². The predicted molar refractivity (Wildman–Crippen MR) is 108 cm³/mol. The first-order valence-corrected chi connectivity index (χ1v) is 8.64. The van der Waals surface area contributed by atoms with Gasteiger partial charge in [-0.05, 0) is 42.5 Å². The third-order valence-corrected chi connectivity index (χ3v) is 4.70. The van der Waals surface area contributed by atoms with Gasteiger partial charge in [-0.25, -0.2) is 0 Å². The fourth-order valence-corrected chi connectivity index (χ4v) is 3.35. The number of fused-ring (bicyclic) bond motifs is 2. The SMILES string of the molecule is COc1ccc(N/C=C/c2c3ccccc3[n+](C)c3ccccc23)cc1. The summed E-state index contributed by atoms with van der Waals surface area (Å²) in [6, 6.07) is 24.9. The molecule has 4 rings (SSSR count). The van der Waals surface area contributed by atoms with Crippen LogP contribution in [0.25, 0.3) is 27.9 Å². The minimum absolute atomic E-state index is 0.854. The summed E-state index contributed by atoms with van der Waals surface area (Å²) in [4.78, 5) is 0. The molecule has 0 radical (unpaired) electrons. The Kier molecular flexibility index (Phi) is 4.28. The van der Waals surface area contributed by atoms with Crippen LogP contribution in [0.2, 0.25) is 0 Å². The maximum atomic E-state index is 5.20. The van der Waals surface area contributed by atoms with E-state index in [1.165, 1.54) is 27.4 Å². The van der Waals surface area contributed by atoms with Gasteiger partial charge >= 0.3 is 0 Å². The van der Waals surface area contributed by atoms with Crippen molar-refractivity contribution in [2.45, 2.75) is 0 Å². The Morgan fingerprint density at radius 3 is 1.96 bits per heavy atom. The standard InChI is InChI=1S/C23H20N2O/c1-25-22-9-5-3-7-20(22)19(21-8-4-6-10-23(21)25)15-16-24-17-11-13-18(26-2)14-12-17/h3-16H,1-2H3/p+1. The summed E-state index contributed by atoms with van der Waals surface area (Å²) >= 11 is 0. The number of pyridine rings is 1. The molecule has 1 aromatic heterocycles. The lowest BCUT2D eigenvalue weighted by Crippen LogP contribution is -2.30. The first kappa shape index (κ1) is 16.2. The van der Waals surface area contributed by atoms with Crippen LogP contribution in [-0.2, 0) is 7.05 Å². The van der Waals surface area contributed by atoms with Gasteiger partial charge in [0.25, 0.3) is 0 Å². The molecule has 0 atom stereocenters. The van der Waals surface area contributed by atoms with Crippen molar-refractivity contribution in [2.75, 3.05) is 12.4 Å². The highest BCUT2D eigenvalue weighted by atomic mass is 16.5. The number of aromatic nitrogens is 1. The zero-order chi connectivity index (χ0) is 17.9. The van der Waals surface area contributed by atoms with Gasteiger partial charge in [0.1, 0.15) is 12.8 Å². The molecule has 26 heavy (non-hydrogen) atoms. The summed E-state index contributed by atoms with van der Waals surface area (Å²) in [6.07, 6.45) is 4.14. The van der Waals surface area contributed by atoms with E-state index < -0.39 is 0 Å². The number of para-hydroxylation sites is 2. The topological polar surface area (TPSA) is 25.1 Å². The van der Waals surface area contributed by atoms with Gasteiger partial charge in [0.05, 0.1) is 17.9 Å². The first-order valence-electron chi connectivity index (χ1n) is 8.64.